The van der Waals surface area contributed by atoms with Crippen LogP contribution in [0.1, 0.15) is 66.6 Å². The van der Waals surface area contributed by atoms with Gasteiger partial charge in [-0.3, -0.25) is 9.78 Å². The van der Waals surface area contributed by atoms with Crippen LogP contribution in [0.3, 0.4) is 0 Å². The second kappa shape index (κ2) is 17.4. The van der Waals surface area contributed by atoms with E-state index in [0.29, 0.717) is 12.3 Å². The zero-order valence-electron chi connectivity index (χ0n) is 23.6. The van der Waals surface area contributed by atoms with E-state index in [1.54, 1.807) is 31.5 Å². The second-order valence-corrected chi connectivity index (χ2v) is 11.5. The maximum Gasteiger partial charge on any atom is 0.301 e. The molecule has 1 atom stereocenters. The molecule has 0 aliphatic heterocycles. The number of aliphatic hydroxyl groups excluding tert-OH is 1. The lowest BCUT2D eigenvalue weighted by Crippen LogP contribution is -2.40. The first-order valence-electron chi connectivity index (χ1n) is 13.8. The Morgan fingerprint density at radius 1 is 1.05 bits per heavy atom. The molecule has 4 rings (SSSR count). The van der Waals surface area contributed by atoms with Crippen molar-refractivity contribution in [3.05, 3.63) is 83.7 Å². The van der Waals surface area contributed by atoms with E-state index in [1.807, 2.05) is 30.3 Å². The van der Waals surface area contributed by atoms with Crippen molar-refractivity contribution in [1.29, 1.82) is 0 Å². The second-order valence-electron chi connectivity index (χ2n) is 9.97. The number of hydrogen-bond acceptors (Lipinski definition) is 7. The molecule has 42 heavy (non-hydrogen) atoms. The highest BCUT2D eigenvalue weighted by atomic mass is 35.5. The van der Waals surface area contributed by atoms with E-state index in [9.17, 15) is 18.3 Å². The summed E-state index contributed by atoms with van der Waals surface area (Å²) in [6, 6.07) is 17.1. The lowest BCUT2D eigenvalue weighted by Gasteiger charge is -2.24. The Bertz CT molecular complexity index is 1360. The molecule has 1 heterocycles. The molecule has 2 aromatic carbocycles. The number of aliphatic hydroxyl groups is 1. The molecule has 1 aliphatic rings. The fourth-order valence-corrected chi connectivity index (χ4v) is 5.59. The van der Waals surface area contributed by atoms with Gasteiger partial charge in [0.25, 0.3) is 5.91 Å². The van der Waals surface area contributed by atoms with E-state index in [4.69, 9.17) is 4.74 Å². The van der Waals surface area contributed by atoms with Crippen molar-refractivity contribution in [3.63, 3.8) is 0 Å². The fraction of sp³-hybridized carbons (Fsp3) is 0.400. The van der Waals surface area contributed by atoms with Gasteiger partial charge in [0, 0.05) is 31.0 Å². The zero-order chi connectivity index (χ0) is 28.4. The molecule has 1 aromatic heterocycles. The van der Waals surface area contributed by atoms with Crippen LogP contribution in [-0.2, 0) is 16.6 Å². The smallest absolute Gasteiger partial charge is 0.301 e. The van der Waals surface area contributed by atoms with E-state index >= 15 is 0 Å². The summed E-state index contributed by atoms with van der Waals surface area (Å²) in [6.07, 6.45) is 8.66. The van der Waals surface area contributed by atoms with Crippen molar-refractivity contribution in [2.24, 2.45) is 0 Å². The summed E-state index contributed by atoms with van der Waals surface area (Å²) >= 11 is 0. The van der Waals surface area contributed by atoms with Gasteiger partial charge in [0.1, 0.15) is 5.75 Å². The van der Waals surface area contributed by atoms with Crippen LogP contribution in [0.25, 0.3) is 11.1 Å². The van der Waals surface area contributed by atoms with Gasteiger partial charge in [-0.1, -0.05) is 49.7 Å². The summed E-state index contributed by atoms with van der Waals surface area (Å²) in [5.74, 6) is -0.344. The molecule has 12 heteroatoms. The first-order chi connectivity index (χ1) is 19.3. The molecule has 0 saturated heterocycles. The largest absolute Gasteiger partial charge is 0.490 e. The number of benzene rings is 2. The highest BCUT2D eigenvalue weighted by Crippen LogP contribution is 2.31. The third kappa shape index (κ3) is 10.5. The Labute approximate surface area is 260 Å². The average molecular weight is 640 g/mol. The number of ether oxygens (including phenoxy) is 1. The number of aromatic nitrogens is 1. The normalized spacial score (nSPS) is 14.2. The van der Waals surface area contributed by atoms with Crippen molar-refractivity contribution < 1.29 is 23.1 Å². The van der Waals surface area contributed by atoms with Crippen molar-refractivity contribution >= 4 is 40.9 Å². The molecular formula is C30H40Cl2N4O5S. The van der Waals surface area contributed by atoms with E-state index in [1.165, 1.54) is 6.42 Å². The number of carbonyl (C=O) groups excluding carboxylic acids is 1. The molecular weight excluding hydrogens is 599 g/mol. The van der Waals surface area contributed by atoms with E-state index in [0.717, 1.165) is 60.9 Å². The van der Waals surface area contributed by atoms with Crippen LogP contribution in [0.5, 0.6) is 5.75 Å². The molecule has 230 valence electrons. The predicted molar refractivity (Wildman–Crippen MR) is 170 cm³/mol. The lowest BCUT2D eigenvalue weighted by molar-refractivity contribution is 0.0969. The molecule has 0 radical (unpaired) electrons. The summed E-state index contributed by atoms with van der Waals surface area (Å²) in [5.41, 5.74) is 3.96. The van der Waals surface area contributed by atoms with Crippen LogP contribution in [0, 0.1) is 0 Å². The molecule has 0 spiro atoms. The highest BCUT2D eigenvalue weighted by molar-refractivity contribution is 7.88. The van der Waals surface area contributed by atoms with Crippen LogP contribution in [0.2, 0.25) is 0 Å². The summed E-state index contributed by atoms with van der Waals surface area (Å²) in [6.45, 7) is 2.98. The van der Waals surface area contributed by atoms with E-state index in [-0.39, 0.29) is 43.0 Å². The molecule has 1 saturated carbocycles. The Morgan fingerprint density at radius 2 is 1.76 bits per heavy atom. The van der Waals surface area contributed by atoms with Crippen LogP contribution < -0.4 is 19.5 Å². The minimum absolute atomic E-state index is 0. The number of nitrogens with zero attached hydrogens (tertiary/aromatic N) is 1. The summed E-state index contributed by atoms with van der Waals surface area (Å²) in [5, 5.41) is 13.6. The van der Waals surface area contributed by atoms with Gasteiger partial charge in [-0.15, -0.1) is 24.8 Å². The van der Waals surface area contributed by atoms with Crippen molar-refractivity contribution in [1.82, 2.24) is 19.7 Å². The van der Waals surface area contributed by atoms with Gasteiger partial charge in [-0.25, -0.2) is 4.72 Å². The summed E-state index contributed by atoms with van der Waals surface area (Å²) < 4.78 is 34.9. The van der Waals surface area contributed by atoms with Crippen molar-refractivity contribution in [3.8, 4) is 16.9 Å². The maximum absolute atomic E-state index is 12.9. The van der Waals surface area contributed by atoms with Crippen LogP contribution in [0.4, 0.5) is 0 Å². The molecule has 1 amide bonds. The quantitative estimate of drug-likeness (QED) is 0.199. The van der Waals surface area contributed by atoms with Gasteiger partial charge in [0.15, 0.2) is 0 Å². The predicted octanol–water partition coefficient (Wildman–Crippen LogP) is 4.75. The number of rotatable bonds is 13. The Morgan fingerprint density at radius 3 is 2.43 bits per heavy atom. The molecule has 3 aromatic rings. The van der Waals surface area contributed by atoms with Crippen LogP contribution >= 0.6 is 24.8 Å². The van der Waals surface area contributed by atoms with E-state index < -0.39 is 22.2 Å². The summed E-state index contributed by atoms with van der Waals surface area (Å²) in [4.78, 5) is 16.9. The Kier molecular flexibility index (Phi) is 14.7. The number of amides is 1. The Hall–Kier alpha value is -2.73. The first kappa shape index (κ1) is 35.5. The number of nitrogens with one attached hydrogen (secondary N) is 3. The van der Waals surface area contributed by atoms with Crippen molar-refractivity contribution in [2.75, 3.05) is 19.6 Å². The topological polar surface area (TPSA) is 130 Å². The number of hydrogen-bond donors (Lipinski definition) is 4. The SMILES string of the molecule is CCNS(=O)(=O)NC(=O)c1ccc(-c2ccc(CCNC[C@H](O)c3cccnc3)cc2)cc1OC1CCCCC1.Cl.Cl. The zero-order valence-corrected chi connectivity index (χ0v) is 26.1. The van der Waals surface area contributed by atoms with Crippen molar-refractivity contribution in [2.45, 2.75) is 57.7 Å². The third-order valence-electron chi connectivity index (χ3n) is 6.92. The number of pyridine rings is 1. The minimum atomic E-state index is -3.95. The molecule has 9 nitrogen and oxygen atoms in total. The number of carbonyl (C=O) groups is 1. The van der Waals surface area contributed by atoms with Gasteiger partial charge in [0.2, 0.25) is 0 Å². The number of halogens is 2. The molecule has 4 N–H and O–H groups in total. The van der Waals surface area contributed by atoms with Gasteiger partial charge >= 0.3 is 10.2 Å². The monoisotopic (exact) mass is 638 g/mol. The lowest BCUT2D eigenvalue weighted by atomic mass is 9.97. The summed E-state index contributed by atoms with van der Waals surface area (Å²) in [7, 11) is -3.95. The molecule has 1 fully saturated rings. The van der Waals surface area contributed by atoms with Gasteiger partial charge in [-0.2, -0.15) is 13.1 Å². The van der Waals surface area contributed by atoms with Gasteiger partial charge < -0.3 is 15.2 Å². The molecule has 1 aliphatic carbocycles. The minimum Gasteiger partial charge on any atom is -0.490 e. The average Bonchev–Trinajstić information content (AvgIpc) is 2.96. The van der Waals surface area contributed by atoms with Crippen LogP contribution in [-0.4, -0.2) is 50.2 Å². The van der Waals surface area contributed by atoms with Crippen LogP contribution in [0.15, 0.2) is 67.0 Å². The third-order valence-corrected chi connectivity index (χ3v) is 8.04. The van der Waals surface area contributed by atoms with Gasteiger partial charge in [-0.05, 0) is 73.5 Å². The standard InChI is InChI=1S/C30H38N4O5S.2ClH/c1-2-33-40(37,38)34-30(36)27-15-14-24(19-29(27)39-26-8-4-3-5-9-26)23-12-10-22(11-13-23)16-18-32-21-28(35)25-7-6-17-31-20-25;;/h6-7,10-15,17,19-20,26,28,32-33,35H,2-5,8-9,16,18,21H2,1H3,(H,34,36);2*1H/t28-;;/m0../s1. The van der Waals surface area contributed by atoms with Gasteiger partial charge in [0.05, 0.1) is 17.8 Å². The Balaban J connectivity index is 0.00000308. The van der Waals surface area contributed by atoms with E-state index in [2.05, 4.69) is 31.9 Å². The fourth-order valence-electron chi connectivity index (χ4n) is 4.78. The molecule has 0 unspecified atom stereocenters. The first-order valence-corrected chi connectivity index (χ1v) is 15.3. The maximum atomic E-state index is 12.9. The molecule has 0 bridgehead atoms. The highest BCUT2D eigenvalue weighted by Gasteiger charge is 2.22.